The van der Waals surface area contributed by atoms with Gasteiger partial charge in [0, 0.05) is 18.2 Å². The molecule has 1 atom stereocenters. The van der Waals surface area contributed by atoms with Gasteiger partial charge in [-0.25, -0.2) is 0 Å². The van der Waals surface area contributed by atoms with Crippen LogP contribution in [0.15, 0.2) is 54.6 Å². The Balaban J connectivity index is 2.57. The third-order valence-corrected chi connectivity index (χ3v) is 3.03. The zero-order chi connectivity index (χ0) is 13.0. The highest BCUT2D eigenvalue weighted by atomic mass is 16.5. The van der Waals surface area contributed by atoms with Gasteiger partial charge in [0.1, 0.15) is 5.75 Å². The highest BCUT2D eigenvalue weighted by Gasteiger charge is 2.32. The van der Waals surface area contributed by atoms with Gasteiger partial charge in [-0.05, 0) is 6.07 Å². The van der Waals surface area contributed by atoms with Gasteiger partial charge in [-0.15, -0.1) is 0 Å². The molecule has 94 valence electrons. The van der Waals surface area contributed by atoms with Crippen LogP contribution in [0.2, 0.25) is 0 Å². The van der Waals surface area contributed by atoms with E-state index < -0.39 is 5.72 Å². The van der Waals surface area contributed by atoms with Crippen molar-refractivity contribution in [2.45, 2.75) is 5.72 Å². The molecule has 2 N–H and O–H groups in total. The predicted molar refractivity (Wildman–Crippen MR) is 71.4 cm³/mol. The van der Waals surface area contributed by atoms with Crippen molar-refractivity contribution in [3.8, 4) is 5.75 Å². The largest absolute Gasteiger partial charge is 0.496 e. The maximum absolute atomic E-state index is 6.41. The van der Waals surface area contributed by atoms with Crippen molar-refractivity contribution >= 4 is 0 Å². The van der Waals surface area contributed by atoms with E-state index in [1.807, 2.05) is 54.6 Å². The average molecular weight is 243 g/mol. The van der Waals surface area contributed by atoms with E-state index in [1.165, 1.54) is 0 Å². The van der Waals surface area contributed by atoms with Crippen LogP contribution in [0.4, 0.5) is 0 Å². The first kappa shape index (κ1) is 12.6. The lowest BCUT2D eigenvalue weighted by molar-refractivity contribution is 0.0258. The van der Waals surface area contributed by atoms with E-state index in [0.717, 1.165) is 11.1 Å². The van der Waals surface area contributed by atoms with Crippen LogP contribution in [-0.2, 0) is 10.5 Å². The first-order chi connectivity index (χ1) is 8.72. The van der Waals surface area contributed by atoms with Crippen LogP contribution >= 0.6 is 0 Å². The molecule has 2 aromatic rings. The number of ether oxygens (including phenoxy) is 2. The second kappa shape index (κ2) is 5.21. The van der Waals surface area contributed by atoms with E-state index in [4.69, 9.17) is 15.2 Å². The second-order valence-corrected chi connectivity index (χ2v) is 4.01. The Morgan fingerprint density at radius 2 is 1.50 bits per heavy atom. The second-order valence-electron chi connectivity index (χ2n) is 4.01. The first-order valence-electron chi connectivity index (χ1n) is 5.75. The van der Waals surface area contributed by atoms with Crippen molar-refractivity contribution in [3.63, 3.8) is 0 Å². The quantitative estimate of drug-likeness (QED) is 0.839. The van der Waals surface area contributed by atoms with Crippen LogP contribution in [0.5, 0.6) is 5.75 Å². The summed E-state index contributed by atoms with van der Waals surface area (Å²) in [6.07, 6.45) is 0. The molecule has 0 radical (unpaired) electrons. The third-order valence-electron chi connectivity index (χ3n) is 3.03. The molecular weight excluding hydrogens is 226 g/mol. The Kier molecular flexibility index (Phi) is 3.65. The van der Waals surface area contributed by atoms with E-state index in [9.17, 15) is 0 Å². The highest BCUT2D eigenvalue weighted by Crippen LogP contribution is 2.33. The van der Waals surface area contributed by atoms with E-state index >= 15 is 0 Å². The molecule has 0 saturated heterocycles. The molecule has 2 rings (SSSR count). The highest BCUT2D eigenvalue weighted by molar-refractivity contribution is 5.44. The molecular formula is C15H17NO2. The maximum atomic E-state index is 6.41. The van der Waals surface area contributed by atoms with Crippen LogP contribution in [-0.4, -0.2) is 14.2 Å². The number of hydrogen-bond donors (Lipinski definition) is 1. The molecule has 0 aromatic heterocycles. The van der Waals surface area contributed by atoms with Crippen molar-refractivity contribution in [1.29, 1.82) is 0 Å². The zero-order valence-corrected chi connectivity index (χ0v) is 10.6. The first-order valence-corrected chi connectivity index (χ1v) is 5.75. The van der Waals surface area contributed by atoms with Gasteiger partial charge >= 0.3 is 0 Å². The Morgan fingerprint density at radius 1 is 0.889 bits per heavy atom. The summed E-state index contributed by atoms with van der Waals surface area (Å²) in [7, 11) is 3.22. The van der Waals surface area contributed by atoms with Crippen LogP contribution in [0.1, 0.15) is 11.1 Å². The maximum Gasteiger partial charge on any atom is 0.172 e. The molecule has 1 unspecified atom stereocenters. The summed E-state index contributed by atoms with van der Waals surface area (Å²) in [6.45, 7) is 0. The Bertz CT molecular complexity index is 513. The summed E-state index contributed by atoms with van der Waals surface area (Å²) in [5.74, 6) is 0.714. The fraction of sp³-hybridized carbons (Fsp3) is 0.200. The van der Waals surface area contributed by atoms with E-state index in [2.05, 4.69) is 0 Å². The SMILES string of the molecule is COc1ccccc1C(N)(OC)c1ccccc1. The fourth-order valence-corrected chi connectivity index (χ4v) is 2.02. The van der Waals surface area contributed by atoms with Crippen LogP contribution in [0.3, 0.4) is 0 Å². The molecule has 0 aliphatic rings. The molecule has 0 saturated carbocycles. The normalized spacial score (nSPS) is 13.9. The lowest BCUT2D eigenvalue weighted by Crippen LogP contribution is -2.40. The number of hydrogen-bond acceptors (Lipinski definition) is 3. The van der Waals surface area contributed by atoms with Gasteiger partial charge < -0.3 is 9.47 Å². The molecule has 0 aliphatic heterocycles. The van der Waals surface area contributed by atoms with Gasteiger partial charge in [0.25, 0.3) is 0 Å². The minimum Gasteiger partial charge on any atom is -0.496 e. The molecule has 3 heteroatoms. The van der Waals surface area contributed by atoms with Gasteiger partial charge in [-0.3, -0.25) is 5.73 Å². The van der Waals surface area contributed by atoms with Crippen molar-refractivity contribution in [1.82, 2.24) is 0 Å². The Morgan fingerprint density at radius 3 is 2.11 bits per heavy atom. The van der Waals surface area contributed by atoms with E-state index in [1.54, 1.807) is 14.2 Å². The average Bonchev–Trinajstić information content (AvgIpc) is 2.47. The van der Waals surface area contributed by atoms with E-state index in [0.29, 0.717) is 5.75 Å². The lowest BCUT2D eigenvalue weighted by atomic mass is 9.94. The third kappa shape index (κ3) is 2.10. The predicted octanol–water partition coefficient (Wildman–Crippen LogP) is 2.50. The standard InChI is InChI=1S/C15H17NO2/c1-17-14-11-7-6-10-13(14)15(16,18-2)12-8-4-3-5-9-12/h3-11H,16H2,1-2H3. The summed E-state index contributed by atoms with van der Waals surface area (Å²) in [5, 5.41) is 0. The number of rotatable bonds is 4. The molecule has 0 heterocycles. The monoisotopic (exact) mass is 243 g/mol. The van der Waals surface area contributed by atoms with Gasteiger partial charge in [-0.1, -0.05) is 48.5 Å². The number of para-hydroxylation sites is 1. The molecule has 0 amide bonds. The van der Waals surface area contributed by atoms with Gasteiger partial charge in [0.05, 0.1) is 7.11 Å². The Hall–Kier alpha value is -1.84. The summed E-state index contributed by atoms with van der Waals surface area (Å²) in [5.41, 5.74) is 7.10. The minimum atomic E-state index is -1.01. The topological polar surface area (TPSA) is 44.5 Å². The smallest absolute Gasteiger partial charge is 0.172 e. The molecule has 2 aromatic carbocycles. The molecule has 0 fully saturated rings. The summed E-state index contributed by atoms with van der Waals surface area (Å²) in [4.78, 5) is 0. The fourth-order valence-electron chi connectivity index (χ4n) is 2.02. The van der Waals surface area contributed by atoms with Gasteiger partial charge in [-0.2, -0.15) is 0 Å². The lowest BCUT2D eigenvalue weighted by Gasteiger charge is -2.30. The molecule has 18 heavy (non-hydrogen) atoms. The molecule has 0 bridgehead atoms. The van der Waals surface area contributed by atoms with Gasteiger partial charge in [0.15, 0.2) is 5.72 Å². The van der Waals surface area contributed by atoms with Crippen molar-refractivity contribution in [2.24, 2.45) is 5.73 Å². The van der Waals surface area contributed by atoms with Crippen LogP contribution in [0, 0.1) is 0 Å². The minimum absolute atomic E-state index is 0.714. The number of methoxy groups -OCH3 is 2. The summed E-state index contributed by atoms with van der Waals surface area (Å²) < 4.78 is 10.9. The van der Waals surface area contributed by atoms with E-state index in [-0.39, 0.29) is 0 Å². The molecule has 3 nitrogen and oxygen atoms in total. The van der Waals surface area contributed by atoms with Crippen molar-refractivity contribution in [3.05, 3.63) is 65.7 Å². The number of benzene rings is 2. The van der Waals surface area contributed by atoms with Crippen molar-refractivity contribution in [2.75, 3.05) is 14.2 Å². The summed E-state index contributed by atoms with van der Waals surface area (Å²) in [6, 6.07) is 17.3. The van der Waals surface area contributed by atoms with Crippen LogP contribution < -0.4 is 10.5 Å². The summed E-state index contributed by atoms with van der Waals surface area (Å²) >= 11 is 0. The molecule has 0 aliphatic carbocycles. The Labute approximate surface area is 107 Å². The van der Waals surface area contributed by atoms with Crippen LogP contribution in [0.25, 0.3) is 0 Å². The zero-order valence-electron chi connectivity index (χ0n) is 10.6. The molecule has 0 spiro atoms. The van der Waals surface area contributed by atoms with Gasteiger partial charge in [0.2, 0.25) is 0 Å². The van der Waals surface area contributed by atoms with Crippen molar-refractivity contribution < 1.29 is 9.47 Å². The number of nitrogens with two attached hydrogens (primary N) is 1.